The fourth-order valence-electron chi connectivity index (χ4n) is 3.35. The maximum Gasteiger partial charge on any atom is 0.227 e. The molecule has 128 valence electrons. The Morgan fingerprint density at radius 2 is 2.29 bits per heavy atom. The van der Waals surface area contributed by atoms with E-state index in [-0.39, 0.29) is 5.91 Å². The number of hydrogen-bond donors (Lipinski definition) is 0. The highest BCUT2D eigenvalue weighted by atomic mass is 16.5. The lowest BCUT2D eigenvalue weighted by atomic mass is 10.1. The largest absolute Gasteiger partial charge is 0.497 e. The topological polar surface area (TPSA) is 60.2 Å². The number of nitrogens with zero attached hydrogens (tertiary/aromatic N) is 4. The molecule has 6 heteroatoms. The van der Waals surface area contributed by atoms with Crippen molar-refractivity contribution in [2.45, 2.75) is 38.1 Å². The van der Waals surface area contributed by atoms with Crippen molar-refractivity contribution in [3.05, 3.63) is 42.0 Å². The van der Waals surface area contributed by atoms with Gasteiger partial charge in [-0.3, -0.25) is 4.79 Å². The minimum Gasteiger partial charge on any atom is -0.497 e. The summed E-state index contributed by atoms with van der Waals surface area (Å²) in [6.07, 6.45) is 6.09. The molecule has 0 N–H and O–H groups in total. The molecule has 1 aromatic carbocycles. The third-order valence-corrected chi connectivity index (χ3v) is 4.69. The second-order valence-corrected chi connectivity index (χ2v) is 6.31. The van der Waals surface area contributed by atoms with Crippen molar-refractivity contribution in [3.63, 3.8) is 0 Å². The van der Waals surface area contributed by atoms with Crippen molar-refractivity contribution in [3.8, 4) is 5.75 Å². The van der Waals surface area contributed by atoms with Gasteiger partial charge in [0.05, 0.1) is 13.5 Å². The normalized spacial score (nSPS) is 17.2. The van der Waals surface area contributed by atoms with Gasteiger partial charge in [0.1, 0.15) is 17.9 Å². The van der Waals surface area contributed by atoms with E-state index in [1.165, 1.54) is 0 Å². The number of likely N-dealkylation sites (tertiary alicyclic amines) is 1. The van der Waals surface area contributed by atoms with E-state index >= 15 is 0 Å². The molecule has 0 aliphatic carbocycles. The van der Waals surface area contributed by atoms with Gasteiger partial charge in [0, 0.05) is 26.1 Å². The first-order valence-electron chi connectivity index (χ1n) is 8.42. The average molecular weight is 328 g/mol. The number of ether oxygens (including phenoxy) is 1. The zero-order valence-electron chi connectivity index (χ0n) is 14.3. The Hall–Kier alpha value is -2.37. The van der Waals surface area contributed by atoms with Crippen molar-refractivity contribution in [2.24, 2.45) is 7.05 Å². The van der Waals surface area contributed by atoms with Crippen LogP contribution in [-0.2, 0) is 24.7 Å². The summed E-state index contributed by atoms with van der Waals surface area (Å²) in [6, 6.07) is 8.04. The van der Waals surface area contributed by atoms with Gasteiger partial charge in [-0.15, -0.1) is 10.2 Å². The molecule has 2 aromatic rings. The monoisotopic (exact) mass is 328 g/mol. The van der Waals surface area contributed by atoms with Crippen LogP contribution in [0.1, 0.15) is 30.7 Å². The van der Waals surface area contributed by atoms with Crippen LogP contribution in [-0.4, -0.2) is 45.3 Å². The van der Waals surface area contributed by atoms with E-state index in [4.69, 9.17) is 4.74 Å². The quantitative estimate of drug-likeness (QED) is 0.814. The van der Waals surface area contributed by atoms with Gasteiger partial charge in [0.2, 0.25) is 5.91 Å². The van der Waals surface area contributed by atoms with Gasteiger partial charge < -0.3 is 14.2 Å². The standard InChI is InChI=1S/C18H24N4O2/c1-21-13-19-20-17(21)9-8-15-6-4-10-22(15)18(23)12-14-5-3-7-16(11-14)24-2/h3,5,7,11,13,15H,4,6,8-10,12H2,1-2H3. The van der Waals surface area contributed by atoms with E-state index in [0.717, 1.165) is 49.4 Å². The summed E-state index contributed by atoms with van der Waals surface area (Å²) in [5.41, 5.74) is 0.998. The Morgan fingerprint density at radius 3 is 3.04 bits per heavy atom. The van der Waals surface area contributed by atoms with Crippen molar-refractivity contribution in [1.29, 1.82) is 0 Å². The zero-order chi connectivity index (χ0) is 16.9. The number of amides is 1. The van der Waals surface area contributed by atoms with E-state index in [2.05, 4.69) is 10.2 Å². The second-order valence-electron chi connectivity index (χ2n) is 6.31. The first kappa shape index (κ1) is 16.5. The molecule has 0 spiro atoms. The molecule has 1 aromatic heterocycles. The number of aromatic nitrogens is 3. The average Bonchev–Trinajstić information content (AvgIpc) is 3.21. The van der Waals surface area contributed by atoms with Gasteiger partial charge in [0.25, 0.3) is 0 Å². The summed E-state index contributed by atoms with van der Waals surface area (Å²) in [6.45, 7) is 0.853. The van der Waals surface area contributed by atoms with Crippen molar-refractivity contribution in [1.82, 2.24) is 19.7 Å². The van der Waals surface area contributed by atoms with Gasteiger partial charge in [0.15, 0.2) is 0 Å². The molecule has 24 heavy (non-hydrogen) atoms. The molecule has 0 radical (unpaired) electrons. The van der Waals surface area contributed by atoms with Crippen LogP contribution < -0.4 is 4.74 Å². The fraction of sp³-hybridized carbons (Fsp3) is 0.500. The highest BCUT2D eigenvalue weighted by molar-refractivity contribution is 5.79. The summed E-state index contributed by atoms with van der Waals surface area (Å²) in [4.78, 5) is 14.7. The third kappa shape index (κ3) is 3.75. The number of methoxy groups -OCH3 is 1. The summed E-state index contributed by atoms with van der Waals surface area (Å²) >= 11 is 0. The summed E-state index contributed by atoms with van der Waals surface area (Å²) in [7, 11) is 3.60. The zero-order valence-corrected chi connectivity index (χ0v) is 14.3. The molecule has 3 rings (SSSR count). The van der Waals surface area contributed by atoms with Crippen LogP contribution >= 0.6 is 0 Å². The third-order valence-electron chi connectivity index (χ3n) is 4.69. The van der Waals surface area contributed by atoms with Crippen molar-refractivity contribution in [2.75, 3.05) is 13.7 Å². The van der Waals surface area contributed by atoms with Crippen molar-refractivity contribution >= 4 is 5.91 Å². The van der Waals surface area contributed by atoms with Gasteiger partial charge in [-0.05, 0) is 37.0 Å². The molecule has 1 saturated heterocycles. The lowest BCUT2D eigenvalue weighted by Crippen LogP contribution is -2.37. The van der Waals surface area contributed by atoms with E-state index in [1.54, 1.807) is 13.4 Å². The maximum absolute atomic E-state index is 12.7. The lowest BCUT2D eigenvalue weighted by Gasteiger charge is -2.25. The highest BCUT2D eigenvalue weighted by Gasteiger charge is 2.28. The number of carbonyl (C=O) groups is 1. The summed E-state index contributed by atoms with van der Waals surface area (Å²) < 4.78 is 7.18. The molecular weight excluding hydrogens is 304 g/mol. The van der Waals surface area contributed by atoms with Gasteiger partial charge in [-0.1, -0.05) is 12.1 Å². The molecule has 2 heterocycles. The SMILES string of the molecule is COc1cccc(CC(=O)N2CCCC2CCc2nncn2C)c1. The predicted octanol–water partition coefficient (Wildman–Crippen LogP) is 1.99. The molecule has 1 fully saturated rings. The van der Waals surface area contributed by atoms with Crippen LogP contribution in [0.25, 0.3) is 0 Å². The lowest BCUT2D eigenvalue weighted by molar-refractivity contribution is -0.131. The van der Waals surface area contributed by atoms with E-state index < -0.39 is 0 Å². The minimum absolute atomic E-state index is 0.198. The molecular formula is C18H24N4O2. The number of hydrogen-bond acceptors (Lipinski definition) is 4. The second kappa shape index (κ2) is 7.47. The van der Waals surface area contributed by atoms with Gasteiger partial charge in [-0.2, -0.15) is 0 Å². The number of benzene rings is 1. The Morgan fingerprint density at radius 1 is 1.42 bits per heavy atom. The molecule has 1 amide bonds. The first-order valence-corrected chi connectivity index (χ1v) is 8.42. The number of rotatable bonds is 6. The highest BCUT2D eigenvalue weighted by Crippen LogP contribution is 2.23. The maximum atomic E-state index is 12.7. The van der Waals surface area contributed by atoms with E-state index in [0.29, 0.717) is 12.5 Å². The van der Waals surface area contributed by atoms with Crippen LogP contribution in [0.5, 0.6) is 5.75 Å². The Bertz CT molecular complexity index is 698. The van der Waals surface area contributed by atoms with Crippen LogP contribution in [0.3, 0.4) is 0 Å². The Kier molecular flexibility index (Phi) is 5.13. The molecule has 0 bridgehead atoms. The van der Waals surface area contributed by atoms with Gasteiger partial charge >= 0.3 is 0 Å². The predicted molar refractivity (Wildman–Crippen MR) is 90.8 cm³/mol. The Labute approximate surface area is 142 Å². The summed E-state index contributed by atoms with van der Waals surface area (Å²) in [5, 5.41) is 8.04. The molecule has 0 saturated carbocycles. The molecule has 1 atom stereocenters. The fourth-order valence-corrected chi connectivity index (χ4v) is 3.35. The van der Waals surface area contributed by atoms with Crippen LogP contribution in [0, 0.1) is 0 Å². The van der Waals surface area contributed by atoms with Crippen LogP contribution in [0.2, 0.25) is 0 Å². The first-order chi connectivity index (χ1) is 11.7. The van der Waals surface area contributed by atoms with E-state index in [1.807, 2.05) is 40.8 Å². The van der Waals surface area contributed by atoms with Crippen molar-refractivity contribution < 1.29 is 9.53 Å². The Balaban J connectivity index is 1.59. The smallest absolute Gasteiger partial charge is 0.227 e. The van der Waals surface area contributed by atoms with E-state index in [9.17, 15) is 4.79 Å². The van der Waals surface area contributed by atoms with Crippen LogP contribution in [0.15, 0.2) is 30.6 Å². The molecule has 1 aliphatic rings. The number of carbonyl (C=O) groups excluding carboxylic acids is 1. The molecule has 1 unspecified atom stereocenters. The minimum atomic E-state index is 0.198. The molecule has 6 nitrogen and oxygen atoms in total. The number of aryl methyl sites for hydroxylation is 2. The van der Waals surface area contributed by atoms with Gasteiger partial charge in [-0.25, -0.2) is 0 Å². The molecule has 1 aliphatic heterocycles. The summed E-state index contributed by atoms with van der Waals surface area (Å²) in [5.74, 6) is 1.96. The van der Waals surface area contributed by atoms with Crippen LogP contribution in [0.4, 0.5) is 0 Å².